The van der Waals surface area contributed by atoms with E-state index in [2.05, 4.69) is 10.3 Å². The average Bonchev–Trinajstić information content (AvgIpc) is 3.23. The number of pyridine rings is 1. The smallest absolute Gasteiger partial charge is 0.433 e. The van der Waals surface area contributed by atoms with E-state index >= 15 is 0 Å². The van der Waals surface area contributed by atoms with Gasteiger partial charge >= 0.3 is 24.5 Å². The molecule has 6 rings (SSSR count). The molecule has 1 spiro atoms. The molecule has 0 bridgehead atoms. The molecule has 1 saturated carbocycles. The second kappa shape index (κ2) is 9.13. The molecule has 1 aliphatic carbocycles. The van der Waals surface area contributed by atoms with Crippen molar-refractivity contribution in [1.82, 2.24) is 9.88 Å². The molecule has 4 heterocycles. The molecule has 3 N–H and O–H groups in total. The number of hydrogen-bond acceptors (Lipinski definition) is 5. The lowest BCUT2D eigenvalue weighted by Gasteiger charge is -2.36. The monoisotopic (exact) mass is 676 g/mol. The van der Waals surface area contributed by atoms with E-state index in [1.54, 1.807) is 5.32 Å². The molecule has 1 aromatic heterocycles. The SMILES string of the molecule is O=C(Nc1cc(C(F)(F)F)cc(C(F)(F)F)n1)C1C2C[C@]3(C(F)(F)F)CC3N2C2(C(=O)Nc3c(Cl)cc(Cl)cc32)C1C(=O)O. The minimum atomic E-state index is -5.41. The van der Waals surface area contributed by atoms with Crippen molar-refractivity contribution in [1.29, 1.82) is 0 Å². The molecule has 2 aromatic rings. The number of aromatic nitrogens is 1. The Balaban J connectivity index is 1.52. The van der Waals surface area contributed by atoms with Crippen LogP contribution >= 0.6 is 23.2 Å². The molecule has 5 unspecified atom stereocenters. The number of alkyl halides is 9. The normalized spacial score (nSPS) is 31.0. The fourth-order valence-electron chi connectivity index (χ4n) is 7.11. The molecule has 3 aliphatic heterocycles. The summed E-state index contributed by atoms with van der Waals surface area (Å²) in [5.74, 6) is -10.1. The summed E-state index contributed by atoms with van der Waals surface area (Å²) < 4.78 is 123. The Morgan fingerprint density at radius 2 is 1.66 bits per heavy atom. The van der Waals surface area contributed by atoms with E-state index in [9.17, 15) is 59.0 Å². The number of halogens is 11. The van der Waals surface area contributed by atoms with Gasteiger partial charge in [-0.25, -0.2) is 4.98 Å². The van der Waals surface area contributed by atoms with Crippen LogP contribution in [0, 0.1) is 17.3 Å². The third-order valence-corrected chi connectivity index (χ3v) is 9.33. The van der Waals surface area contributed by atoms with Crippen LogP contribution < -0.4 is 10.6 Å². The van der Waals surface area contributed by atoms with Crippen molar-refractivity contribution in [3.8, 4) is 0 Å². The fourth-order valence-corrected chi connectivity index (χ4v) is 7.65. The van der Waals surface area contributed by atoms with Gasteiger partial charge < -0.3 is 15.7 Å². The van der Waals surface area contributed by atoms with E-state index in [0.717, 1.165) is 11.0 Å². The number of rotatable bonds is 3. The van der Waals surface area contributed by atoms with Crippen LogP contribution in [0.5, 0.6) is 0 Å². The molecule has 2 amide bonds. The number of amides is 2. The summed E-state index contributed by atoms with van der Waals surface area (Å²) in [6, 6.07) is -1.12. The predicted molar refractivity (Wildman–Crippen MR) is 131 cm³/mol. The van der Waals surface area contributed by atoms with Crippen LogP contribution in [0.3, 0.4) is 0 Å². The van der Waals surface area contributed by atoms with Crippen LogP contribution in [0.4, 0.5) is 51.0 Å². The van der Waals surface area contributed by atoms with Crippen LogP contribution in [0.1, 0.15) is 29.7 Å². The highest BCUT2D eigenvalue weighted by Gasteiger charge is 2.85. The minimum Gasteiger partial charge on any atom is -0.481 e. The molecule has 1 aromatic carbocycles. The number of carboxylic acid groups (broad SMARTS) is 1. The molecule has 8 nitrogen and oxygen atoms in total. The Bertz CT molecular complexity index is 1620. The lowest BCUT2D eigenvalue weighted by molar-refractivity contribution is -0.189. The Morgan fingerprint density at radius 3 is 2.23 bits per heavy atom. The highest BCUT2D eigenvalue weighted by Crippen LogP contribution is 2.74. The van der Waals surface area contributed by atoms with Gasteiger partial charge in [0.15, 0.2) is 0 Å². The van der Waals surface area contributed by atoms with Crippen molar-refractivity contribution in [2.75, 3.05) is 10.6 Å². The zero-order chi connectivity index (χ0) is 32.5. The van der Waals surface area contributed by atoms with Gasteiger partial charge in [0.05, 0.1) is 27.6 Å². The molecule has 236 valence electrons. The zero-order valence-corrected chi connectivity index (χ0v) is 22.8. The summed E-state index contributed by atoms with van der Waals surface area (Å²) in [4.78, 5) is 44.3. The zero-order valence-electron chi connectivity index (χ0n) is 21.3. The van der Waals surface area contributed by atoms with Gasteiger partial charge in [0, 0.05) is 22.7 Å². The second-order valence-electron chi connectivity index (χ2n) is 11.0. The Morgan fingerprint density at radius 1 is 1.00 bits per heavy atom. The highest BCUT2D eigenvalue weighted by molar-refractivity contribution is 6.38. The topological polar surface area (TPSA) is 112 Å². The number of fused-ring (bicyclic) bond motifs is 6. The first-order valence-corrected chi connectivity index (χ1v) is 13.3. The third-order valence-electron chi connectivity index (χ3n) is 8.81. The molecule has 4 aliphatic rings. The number of carbonyl (C=O) groups excluding carboxylic acids is 2. The van der Waals surface area contributed by atoms with Crippen LogP contribution in [-0.4, -0.2) is 51.0 Å². The lowest BCUT2D eigenvalue weighted by Crippen LogP contribution is -2.54. The maximum atomic E-state index is 14.3. The first-order valence-electron chi connectivity index (χ1n) is 12.5. The predicted octanol–water partition coefficient (Wildman–Crippen LogP) is 5.94. The second-order valence-corrected chi connectivity index (χ2v) is 11.9. The number of aliphatic carboxylic acids is 1. The van der Waals surface area contributed by atoms with E-state index < -0.39 is 101 Å². The average molecular weight is 677 g/mol. The van der Waals surface area contributed by atoms with Crippen LogP contribution in [0.15, 0.2) is 24.3 Å². The summed E-state index contributed by atoms with van der Waals surface area (Å²) in [7, 11) is 0. The highest BCUT2D eigenvalue weighted by atomic mass is 35.5. The number of nitrogens with zero attached hydrogens (tertiary/aromatic N) is 2. The number of anilines is 2. The van der Waals surface area contributed by atoms with Gasteiger partial charge in [-0.15, -0.1) is 0 Å². The van der Waals surface area contributed by atoms with Crippen molar-refractivity contribution in [3.05, 3.63) is 51.1 Å². The molecule has 6 atom stereocenters. The molecular formula is C25H15Cl2F9N4O4. The van der Waals surface area contributed by atoms with Gasteiger partial charge in [-0.3, -0.25) is 19.3 Å². The van der Waals surface area contributed by atoms with E-state index in [-0.39, 0.29) is 33.4 Å². The number of carboxylic acids is 1. The van der Waals surface area contributed by atoms with Gasteiger partial charge in [-0.2, -0.15) is 39.5 Å². The standard InChI is InChI=1S/C25H15Cl2F9N4O4/c26-8-3-9-17(10(27)4-8)39-20(44)22(9)16(19(42)43)15(11-5-21(25(34,35)36)6-13(21)40(11)22)18(41)38-14-2-7(23(28,29)30)1-12(37-14)24(31,32)33/h1-4,11,13,15-16H,5-6H2,(H,39,44)(H,42,43)(H,37,38,41)/t11?,13?,15?,16?,21-,22?/m0/s1. The molecule has 3 fully saturated rings. The molecule has 19 heteroatoms. The van der Waals surface area contributed by atoms with E-state index in [1.807, 2.05) is 0 Å². The summed E-state index contributed by atoms with van der Waals surface area (Å²) in [6.45, 7) is 0. The van der Waals surface area contributed by atoms with Crippen LogP contribution in [0.25, 0.3) is 0 Å². The number of piperidine rings is 1. The Kier molecular flexibility index (Phi) is 6.37. The van der Waals surface area contributed by atoms with Crippen molar-refractivity contribution in [3.63, 3.8) is 0 Å². The van der Waals surface area contributed by atoms with Crippen LogP contribution in [-0.2, 0) is 32.3 Å². The van der Waals surface area contributed by atoms with Crippen molar-refractivity contribution < 1.29 is 59.0 Å². The molecule has 2 saturated heterocycles. The van der Waals surface area contributed by atoms with Gasteiger partial charge in [-0.1, -0.05) is 23.2 Å². The third kappa shape index (κ3) is 4.11. The van der Waals surface area contributed by atoms with Gasteiger partial charge in [-0.05, 0) is 37.1 Å². The first kappa shape index (κ1) is 30.7. The van der Waals surface area contributed by atoms with Gasteiger partial charge in [0.1, 0.15) is 23.0 Å². The first-order chi connectivity index (χ1) is 20.1. The van der Waals surface area contributed by atoms with Gasteiger partial charge in [0.2, 0.25) is 5.91 Å². The maximum Gasteiger partial charge on any atom is 0.433 e. The van der Waals surface area contributed by atoms with Crippen molar-refractivity contribution in [2.45, 2.75) is 49.0 Å². The maximum absolute atomic E-state index is 14.3. The summed E-state index contributed by atoms with van der Waals surface area (Å²) >= 11 is 12.3. The molecule has 0 radical (unpaired) electrons. The largest absolute Gasteiger partial charge is 0.481 e. The van der Waals surface area contributed by atoms with Crippen molar-refractivity contribution in [2.24, 2.45) is 17.3 Å². The molecule has 44 heavy (non-hydrogen) atoms. The van der Waals surface area contributed by atoms with E-state index in [1.165, 1.54) is 6.07 Å². The minimum absolute atomic E-state index is 0.0614. The van der Waals surface area contributed by atoms with Crippen molar-refractivity contribution >= 4 is 52.5 Å². The van der Waals surface area contributed by atoms with E-state index in [4.69, 9.17) is 23.2 Å². The summed E-state index contributed by atoms with van der Waals surface area (Å²) in [6.07, 6.45) is -17.1. The number of benzene rings is 1. The number of carbonyl (C=O) groups is 3. The number of hydrogen-bond donors (Lipinski definition) is 3. The Hall–Kier alpha value is -3.31. The molecular weight excluding hydrogens is 662 g/mol. The van der Waals surface area contributed by atoms with Gasteiger partial charge in [0.25, 0.3) is 5.91 Å². The summed E-state index contributed by atoms with van der Waals surface area (Å²) in [5, 5.41) is 14.2. The fraction of sp³-hybridized carbons (Fsp3) is 0.440. The lowest BCUT2D eigenvalue weighted by atomic mass is 9.73. The van der Waals surface area contributed by atoms with Crippen LogP contribution in [0.2, 0.25) is 10.0 Å². The summed E-state index contributed by atoms with van der Waals surface area (Å²) in [5.41, 5.74) is -9.29. The Labute approximate surface area is 249 Å². The number of nitrogens with one attached hydrogen (secondary N) is 2. The van der Waals surface area contributed by atoms with E-state index in [0.29, 0.717) is 0 Å². The quantitative estimate of drug-likeness (QED) is 0.347.